The Balaban J connectivity index is 2.13. The molecule has 2 rings (SSSR count). The van der Waals surface area contributed by atoms with Crippen molar-refractivity contribution in [2.45, 2.75) is 32.2 Å². The first-order chi connectivity index (χ1) is 9.26. The molecular weight excluding hydrogens is 240 g/mol. The number of aliphatic hydroxyl groups is 1. The van der Waals surface area contributed by atoms with Crippen LogP contribution in [0.15, 0.2) is 18.5 Å². The highest BCUT2D eigenvalue weighted by molar-refractivity contribution is 5.94. The number of hydrogen-bond acceptors (Lipinski definition) is 3. The maximum absolute atomic E-state index is 12.3. The zero-order valence-corrected chi connectivity index (χ0v) is 11.1. The van der Waals surface area contributed by atoms with Crippen LogP contribution in [0.4, 0.5) is 0 Å². The van der Waals surface area contributed by atoms with Crippen molar-refractivity contribution in [2.24, 2.45) is 0 Å². The molecule has 1 saturated carbocycles. The Morgan fingerprint density at radius 1 is 1.53 bits per heavy atom. The van der Waals surface area contributed by atoms with Crippen LogP contribution in [-0.2, 0) is 0 Å². The van der Waals surface area contributed by atoms with Crippen LogP contribution in [0.1, 0.15) is 42.1 Å². The van der Waals surface area contributed by atoms with E-state index in [0.717, 1.165) is 19.4 Å². The molecule has 1 amide bonds. The Morgan fingerprint density at radius 3 is 2.95 bits per heavy atom. The van der Waals surface area contributed by atoms with Crippen molar-refractivity contribution < 1.29 is 9.90 Å². The highest BCUT2D eigenvalue weighted by Gasteiger charge is 2.31. The molecule has 0 aliphatic heterocycles. The van der Waals surface area contributed by atoms with Crippen molar-refractivity contribution in [1.29, 1.82) is 0 Å². The first-order valence-corrected chi connectivity index (χ1v) is 6.62. The van der Waals surface area contributed by atoms with Crippen molar-refractivity contribution in [1.82, 2.24) is 9.88 Å². The first-order valence-electron chi connectivity index (χ1n) is 6.62. The van der Waals surface area contributed by atoms with Crippen LogP contribution >= 0.6 is 0 Å². The Bertz CT molecular complexity index is 512. The summed E-state index contributed by atoms with van der Waals surface area (Å²) in [6.07, 6.45) is 5.85. The molecule has 0 unspecified atom stereocenters. The van der Waals surface area contributed by atoms with Gasteiger partial charge >= 0.3 is 0 Å². The third-order valence-corrected chi connectivity index (χ3v) is 3.04. The number of aliphatic hydroxyl groups excluding tert-OH is 1. The molecule has 0 aromatic carbocycles. The minimum Gasteiger partial charge on any atom is -0.395 e. The van der Waals surface area contributed by atoms with Crippen LogP contribution in [0.2, 0.25) is 0 Å². The summed E-state index contributed by atoms with van der Waals surface area (Å²) in [7, 11) is 0. The average Bonchev–Trinajstić information content (AvgIpc) is 3.25. The molecule has 1 aliphatic carbocycles. The molecule has 0 spiro atoms. The number of aromatic nitrogens is 1. The smallest absolute Gasteiger partial charge is 0.255 e. The predicted molar refractivity (Wildman–Crippen MR) is 72.6 cm³/mol. The fourth-order valence-corrected chi connectivity index (χ4v) is 1.97. The van der Waals surface area contributed by atoms with Crippen LogP contribution in [0, 0.1) is 11.8 Å². The minimum absolute atomic E-state index is 0.0308. The summed E-state index contributed by atoms with van der Waals surface area (Å²) >= 11 is 0. The van der Waals surface area contributed by atoms with E-state index in [2.05, 4.69) is 16.8 Å². The second kappa shape index (κ2) is 6.35. The number of nitrogens with zero attached hydrogens (tertiary/aromatic N) is 2. The highest BCUT2D eigenvalue weighted by atomic mass is 16.2. The molecule has 1 fully saturated rings. The molecule has 0 radical (unpaired) electrons. The largest absolute Gasteiger partial charge is 0.395 e. The third-order valence-electron chi connectivity index (χ3n) is 3.04. The van der Waals surface area contributed by atoms with Gasteiger partial charge in [0.25, 0.3) is 5.91 Å². The lowest BCUT2D eigenvalue weighted by Gasteiger charge is -2.20. The molecule has 1 aromatic heterocycles. The molecule has 1 aromatic rings. The van der Waals surface area contributed by atoms with E-state index in [9.17, 15) is 4.79 Å². The lowest BCUT2D eigenvalue weighted by atomic mass is 10.2. The Morgan fingerprint density at radius 2 is 2.32 bits per heavy atom. The van der Waals surface area contributed by atoms with Gasteiger partial charge in [0.15, 0.2) is 0 Å². The summed E-state index contributed by atoms with van der Waals surface area (Å²) in [5.74, 6) is 5.76. The Hall–Kier alpha value is -1.86. The molecule has 4 nitrogen and oxygen atoms in total. The van der Waals surface area contributed by atoms with E-state index in [-0.39, 0.29) is 12.5 Å². The van der Waals surface area contributed by atoms with Gasteiger partial charge in [0, 0.05) is 37.0 Å². The lowest BCUT2D eigenvalue weighted by molar-refractivity contribution is 0.0752. The molecular formula is C15H18N2O2. The lowest BCUT2D eigenvalue weighted by Crippen LogP contribution is -2.32. The second-order valence-electron chi connectivity index (χ2n) is 4.56. The fourth-order valence-electron chi connectivity index (χ4n) is 1.97. The Kier molecular flexibility index (Phi) is 4.53. The molecule has 0 saturated heterocycles. The zero-order valence-electron chi connectivity index (χ0n) is 11.1. The van der Waals surface area contributed by atoms with Gasteiger partial charge in [-0.05, 0) is 25.8 Å². The molecule has 1 aliphatic rings. The van der Waals surface area contributed by atoms with Gasteiger partial charge in [0.05, 0.1) is 12.2 Å². The normalized spacial score (nSPS) is 13.6. The summed E-state index contributed by atoms with van der Waals surface area (Å²) in [5.41, 5.74) is 1.30. The number of carbonyl (C=O) groups excluding carboxylic acids is 1. The van der Waals surface area contributed by atoms with E-state index in [4.69, 9.17) is 5.11 Å². The number of amides is 1. The van der Waals surface area contributed by atoms with Gasteiger partial charge in [0.2, 0.25) is 0 Å². The predicted octanol–water partition coefficient (Wildman–Crippen LogP) is 1.44. The molecule has 1 heterocycles. The van der Waals surface area contributed by atoms with Crippen molar-refractivity contribution in [2.75, 3.05) is 13.2 Å². The second-order valence-corrected chi connectivity index (χ2v) is 4.56. The highest BCUT2D eigenvalue weighted by Crippen LogP contribution is 2.27. The molecule has 0 bridgehead atoms. The summed E-state index contributed by atoms with van der Waals surface area (Å²) in [6, 6.07) is 2.17. The van der Waals surface area contributed by atoms with Gasteiger partial charge in [-0.15, -0.1) is 0 Å². The van der Waals surface area contributed by atoms with E-state index in [1.165, 1.54) is 0 Å². The zero-order chi connectivity index (χ0) is 13.7. The number of rotatable bonds is 4. The van der Waals surface area contributed by atoms with Gasteiger partial charge < -0.3 is 10.0 Å². The van der Waals surface area contributed by atoms with Gasteiger partial charge in [-0.25, -0.2) is 0 Å². The summed E-state index contributed by atoms with van der Waals surface area (Å²) in [4.78, 5) is 18.3. The van der Waals surface area contributed by atoms with E-state index < -0.39 is 0 Å². The molecule has 4 heteroatoms. The summed E-state index contributed by atoms with van der Waals surface area (Å²) in [5, 5.41) is 8.68. The van der Waals surface area contributed by atoms with Crippen LogP contribution in [0.3, 0.4) is 0 Å². The molecule has 1 N–H and O–H groups in total. The maximum atomic E-state index is 12.3. The van der Waals surface area contributed by atoms with Crippen molar-refractivity contribution >= 4 is 5.91 Å². The number of pyridine rings is 1. The topological polar surface area (TPSA) is 53.4 Å². The van der Waals surface area contributed by atoms with Gasteiger partial charge in [0.1, 0.15) is 0 Å². The van der Waals surface area contributed by atoms with Crippen molar-refractivity contribution in [3.63, 3.8) is 0 Å². The van der Waals surface area contributed by atoms with E-state index in [0.29, 0.717) is 23.6 Å². The SMILES string of the molecule is CCN(C(=O)c1cncc(C#CCCO)c1)C1CC1. The van der Waals surface area contributed by atoms with Crippen LogP contribution in [0.5, 0.6) is 0 Å². The molecule has 100 valence electrons. The number of hydrogen-bond donors (Lipinski definition) is 1. The summed E-state index contributed by atoms with van der Waals surface area (Å²) in [6.45, 7) is 2.77. The van der Waals surface area contributed by atoms with Gasteiger partial charge in [-0.3, -0.25) is 9.78 Å². The third kappa shape index (κ3) is 3.55. The van der Waals surface area contributed by atoms with Gasteiger partial charge in [-0.1, -0.05) is 11.8 Å². The van der Waals surface area contributed by atoms with E-state index in [1.54, 1.807) is 18.5 Å². The number of carbonyl (C=O) groups is 1. The van der Waals surface area contributed by atoms with E-state index >= 15 is 0 Å². The maximum Gasteiger partial charge on any atom is 0.255 e. The fraction of sp³-hybridized carbons (Fsp3) is 0.467. The molecule has 0 atom stereocenters. The first kappa shape index (κ1) is 13.6. The van der Waals surface area contributed by atoms with Crippen LogP contribution in [-0.4, -0.2) is 40.1 Å². The Labute approximate surface area is 113 Å². The van der Waals surface area contributed by atoms with Crippen molar-refractivity contribution in [3.05, 3.63) is 29.6 Å². The van der Waals surface area contributed by atoms with Crippen molar-refractivity contribution in [3.8, 4) is 11.8 Å². The average molecular weight is 258 g/mol. The quantitative estimate of drug-likeness (QED) is 0.831. The summed E-state index contributed by atoms with van der Waals surface area (Å²) < 4.78 is 0. The van der Waals surface area contributed by atoms with E-state index in [1.807, 2.05) is 11.8 Å². The monoisotopic (exact) mass is 258 g/mol. The minimum atomic E-state index is 0.0308. The van der Waals surface area contributed by atoms with Gasteiger partial charge in [-0.2, -0.15) is 0 Å². The molecule has 19 heavy (non-hydrogen) atoms. The van der Waals surface area contributed by atoms with Crippen LogP contribution < -0.4 is 0 Å². The van der Waals surface area contributed by atoms with Crippen LogP contribution in [0.25, 0.3) is 0 Å². The standard InChI is InChI=1S/C15H18N2O2/c1-2-17(14-6-7-14)15(19)13-9-12(10-16-11-13)5-3-4-8-18/h9-11,14,18H,2,4,6-8H2,1H3.